The van der Waals surface area contributed by atoms with E-state index in [1.165, 1.54) is 12.1 Å². The highest BCUT2D eigenvalue weighted by atomic mass is 32.1. The number of carboxylic acid groups (broad SMARTS) is 1. The number of carboxylic acids is 1. The predicted octanol–water partition coefficient (Wildman–Crippen LogP) is 1.55. The van der Waals surface area contributed by atoms with Crippen molar-refractivity contribution in [2.45, 2.75) is 6.42 Å². The van der Waals surface area contributed by atoms with Gasteiger partial charge in [0.1, 0.15) is 10.8 Å². The first-order valence-electron chi connectivity index (χ1n) is 4.46. The lowest BCUT2D eigenvalue weighted by molar-refractivity contribution is 0.0696. The average molecular weight is 238 g/mol. The number of hydrogen-bond donors (Lipinski definition) is 2. The first kappa shape index (κ1) is 10.7. The predicted molar refractivity (Wildman–Crippen MR) is 60.2 cm³/mol. The Kier molecular flexibility index (Phi) is 2.66. The molecule has 0 radical (unpaired) electrons. The van der Waals surface area contributed by atoms with Gasteiger partial charge < -0.3 is 5.11 Å². The van der Waals surface area contributed by atoms with Crippen molar-refractivity contribution in [1.82, 2.24) is 5.43 Å². The van der Waals surface area contributed by atoms with Gasteiger partial charge in [0.05, 0.1) is 11.3 Å². The fourth-order valence-corrected chi connectivity index (χ4v) is 1.64. The van der Waals surface area contributed by atoms with Crippen molar-refractivity contribution >= 4 is 28.9 Å². The summed E-state index contributed by atoms with van der Waals surface area (Å²) < 4.78 is 12.9. The van der Waals surface area contributed by atoms with Crippen molar-refractivity contribution in [3.05, 3.63) is 35.1 Å². The number of hydrazone groups is 1. The lowest BCUT2D eigenvalue weighted by Gasteiger charge is -2.04. The summed E-state index contributed by atoms with van der Waals surface area (Å²) in [6.07, 6.45) is 0.376. The summed E-state index contributed by atoms with van der Waals surface area (Å²) >= 11 is 4.88. The number of thiocarbonyl (C=S) groups is 1. The van der Waals surface area contributed by atoms with E-state index in [1.807, 2.05) is 0 Å². The molecular formula is C10H7FN2O2S. The third-order valence-corrected chi connectivity index (χ3v) is 2.40. The molecule has 0 aromatic heterocycles. The van der Waals surface area contributed by atoms with E-state index in [0.29, 0.717) is 22.7 Å². The van der Waals surface area contributed by atoms with E-state index >= 15 is 0 Å². The molecule has 0 atom stereocenters. The van der Waals surface area contributed by atoms with Crippen molar-refractivity contribution < 1.29 is 14.3 Å². The molecule has 16 heavy (non-hydrogen) atoms. The molecule has 1 heterocycles. The van der Waals surface area contributed by atoms with Crippen LogP contribution in [0.2, 0.25) is 0 Å². The summed E-state index contributed by atoms with van der Waals surface area (Å²) in [7, 11) is 0. The van der Waals surface area contributed by atoms with Gasteiger partial charge in [0, 0.05) is 12.0 Å². The van der Waals surface area contributed by atoms with Gasteiger partial charge >= 0.3 is 5.97 Å². The highest BCUT2D eigenvalue weighted by molar-refractivity contribution is 7.80. The number of carbonyl (C=O) groups is 1. The van der Waals surface area contributed by atoms with Crippen LogP contribution in [0.5, 0.6) is 0 Å². The molecule has 2 rings (SSSR count). The Bertz CT molecular complexity index is 514. The number of aromatic carboxylic acids is 1. The second kappa shape index (κ2) is 3.97. The molecule has 0 bridgehead atoms. The molecule has 1 aromatic carbocycles. The van der Waals surface area contributed by atoms with Gasteiger partial charge in [-0.15, -0.1) is 0 Å². The zero-order chi connectivity index (χ0) is 11.7. The zero-order valence-electron chi connectivity index (χ0n) is 8.03. The Labute approximate surface area is 95.8 Å². The molecule has 1 aliphatic rings. The number of rotatable bonds is 2. The van der Waals surface area contributed by atoms with Gasteiger partial charge in [0.15, 0.2) is 0 Å². The molecule has 0 amide bonds. The number of hydrogen-bond acceptors (Lipinski definition) is 3. The highest BCUT2D eigenvalue weighted by Crippen LogP contribution is 2.16. The van der Waals surface area contributed by atoms with E-state index in [9.17, 15) is 9.18 Å². The standard InChI is InChI=1S/C10H7FN2O2S/c11-5-1-2-6(7(3-5)10(14)15)8-4-9(16)13-12-8/h1-3H,4H2,(H,13,16)(H,14,15). The van der Waals surface area contributed by atoms with Crippen LogP contribution >= 0.6 is 12.2 Å². The van der Waals surface area contributed by atoms with Crippen LogP contribution in [0.15, 0.2) is 23.3 Å². The average Bonchev–Trinajstić information content (AvgIpc) is 2.64. The summed E-state index contributed by atoms with van der Waals surface area (Å²) in [5.41, 5.74) is 3.38. The minimum Gasteiger partial charge on any atom is -0.478 e. The fraction of sp³-hybridized carbons (Fsp3) is 0.100. The first-order chi connectivity index (χ1) is 7.58. The van der Waals surface area contributed by atoms with Crippen LogP contribution < -0.4 is 5.43 Å². The molecule has 0 spiro atoms. The topological polar surface area (TPSA) is 61.7 Å². The van der Waals surface area contributed by atoms with Gasteiger partial charge in [-0.1, -0.05) is 12.2 Å². The lowest BCUT2D eigenvalue weighted by Crippen LogP contribution is -2.09. The SMILES string of the molecule is O=C(O)c1cc(F)ccc1C1=NNC(=S)C1. The number of nitrogens with zero attached hydrogens (tertiary/aromatic N) is 1. The molecule has 0 saturated heterocycles. The Morgan fingerprint density at radius 1 is 1.56 bits per heavy atom. The Hall–Kier alpha value is -1.82. The summed E-state index contributed by atoms with van der Waals surface area (Å²) in [5.74, 6) is -1.77. The molecule has 0 fully saturated rings. The molecule has 2 N–H and O–H groups in total. The van der Waals surface area contributed by atoms with Crippen LogP contribution in [0.4, 0.5) is 4.39 Å². The fourth-order valence-electron chi connectivity index (χ4n) is 1.46. The van der Waals surface area contributed by atoms with Gasteiger partial charge in [-0.3, -0.25) is 5.43 Å². The van der Waals surface area contributed by atoms with Crippen LogP contribution in [0.1, 0.15) is 22.3 Å². The van der Waals surface area contributed by atoms with Crippen LogP contribution in [0.3, 0.4) is 0 Å². The molecule has 0 unspecified atom stereocenters. The summed E-state index contributed by atoms with van der Waals surface area (Å²) in [4.78, 5) is 11.5. The highest BCUT2D eigenvalue weighted by Gasteiger charge is 2.20. The van der Waals surface area contributed by atoms with Crippen molar-refractivity contribution in [2.75, 3.05) is 0 Å². The Morgan fingerprint density at radius 3 is 2.88 bits per heavy atom. The van der Waals surface area contributed by atoms with E-state index in [4.69, 9.17) is 17.3 Å². The molecule has 4 nitrogen and oxygen atoms in total. The van der Waals surface area contributed by atoms with E-state index in [1.54, 1.807) is 0 Å². The van der Waals surface area contributed by atoms with Gasteiger partial charge in [-0.25, -0.2) is 9.18 Å². The van der Waals surface area contributed by atoms with E-state index in [0.717, 1.165) is 6.07 Å². The maximum Gasteiger partial charge on any atom is 0.336 e. The maximum atomic E-state index is 12.9. The maximum absolute atomic E-state index is 12.9. The Morgan fingerprint density at radius 2 is 2.31 bits per heavy atom. The second-order valence-corrected chi connectivity index (χ2v) is 3.76. The molecule has 82 valence electrons. The van der Waals surface area contributed by atoms with Crippen molar-refractivity contribution in [3.8, 4) is 0 Å². The molecule has 1 aliphatic heterocycles. The van der Waals surface area contributed by atoms with Gasteiger partial charge in [-0.2, -0.15) is 5.10 Å². The van der Waals surface area contributed by atoms with Gasteiger partial charge in [0.25, 0.3) is 0 Å². The van der Waals surface area contributed by atoms with Crippen LogP contribution in [0.25, 0.3) is 0 Å². The minimum absolute atomic E-state index is 0.106. The summed E-state index contributed by atoms with van der Waals surface area (Å²) in [6.45, 7) is 0. The lowest BCUT2D eigenvalue weighted by atomic mass is 10.0. The van der Waals surface area contributed by atoms with Crippen LogP contribution in [-0.4, -0.2) is 21.8 Å². The third-order valence-electron chi connectivity index (χ3n) is 2.17. The van der Waals surface area contributed by atoms with Crippen molar-refractivity contribution in [1.29, 1.82) is 0 Å². The smallest absolute Gasteiger partial charge is 0.336 e. The van der Waals surface area contributed by atoms with E-state index < -0.39 is 11.8 Å². The Balaban J connectivity index is 2.48. The molecule has 6 heteroatoms. The largest absolute Gasteiger partial charge is 0.478 e. The van der Waals surface area contributed by atoms with Crippen LogP contribution in [-0.2, 0) is 0 Å². The van der Waals surface area contributed by atoms with Crippen molar-refractivity contribution in [3.63, 3.8) is 0 Å². The van der Waals surface area contributed by atoms with Gasteiger partial charge in [0.2, 0.25) is 0 Å². The van der Waals surface area contributed by atoms with Crippen LogP contribution in [0, 0.1) is 5.82 Å². The molecule has 1 aromatic rings. The van der Waals surface area contributed by atoms with Gasteiger partial charge in [-0.05, 0) is 18.2 Å². The molecule has 0 aliphatic carbocycles. The summed E-state index contributed by atoms with van der Waals surface area (Å²) in [5, 5.41) is 12.8. The monoisotopic (exact) mass is 238 g/mol. The summed E-state index contributed by atoms with van der Waals surface area (Å²) in [6, 6.07) is 3.57. The number of benzene rings is 1. The normalized spacial score (nSPS) is 14.6. The van der Waals surface area contributed by atoms with E-state index in [-0.39, 0.29) is 5.56 Å². The number of halogens is 1. The number of nitrogens with one attached hydrogen (secondary N) is 1. The minimum atomic E-state index is -1.19. The zero-order valence-corrected chi connectivity index (χ0v) is 8.84. The second-order valence-electron chi connectivity index (χ2n) is 3.27. The van der Waals surface area contributed by atoms with Crippen molar-refractivity contribution in [2.24, 2.45) is 5.10 Å². The quantitative estimate of drug-likeness (QED) is 0.767. The first-order valence-corrected chi connectivity index (χ1v) is 4.87. The molecule has 0 saturated carbocycles. The third kappa shape index (κ3) is 1.92. The molecular weight excluding hydrogens is 231 g/mol. The van der Waals surface area contributed by atoms with E-state index in [2.05, 4.69) is 10.5 Å².